The molecule has 1 heterocycles. The Balaban J connectivity index is 1.36. The molecule has 1 aliphatic carbocycles. The molecule has 2 unspecified atom stereocenters. The molecule has 2 aromatic carbocycles. The van der Waals surface area contributed by atoms with Crippen molar-refractivity contribution in [2.24, 2.45) is 11.0 Å². The first-order valence-electron chi connectivity index (χ1n) is 11.3. The van der Waals surface area contributed by atoms with E-state index in [1.165, 1.54) is 4.90 Å². The van der Waals surface area contributed by atoms with Crippen molar-refractivity contribution < 1.29 is 23.8 Å². The molecule has 182 valence electrons. The van der Waals surface area contributed by atoms with Gasteiger partial charge in [-0.1, -0.05) is 48.1 Å². The summed E-state index contributed by atoms with van der Waals surface area (Å²) in [5.41, 5.74) is 12.4. The minimum absolute atomic E-state index is 0.119. The first kappa shape index (κ1) is 24.3. The number of aliphatic carboxylic acids is 1. The van der Waals surface area contributed by atoms with E-state index in [0.717, 1.165) is 16.7 Å². The van der Waals surface area contributed by atoms with Crippen LogP contribution in [0.15, 0.2) is 54.2 Å². The van der Waals surface area contributed by atoms with Gasteiger partial charge in [0.05, 0.1) is 19.8 Å². The second kappa shape index (κ2) is 10.6. The second-order valence-electron chi connectivity index (χ2n) is 8.62. The average Bonchev–Trinajstić information content (AvgIpc) is 3.42. The lowest BCUT2D eigenvalue weighted by Gasteiger charge is -2.22. The van der Waals surface area contributed by atoms with Crippen molar-refractivity contribution in [1.29, 1.82) is 0 Å². The fourth-order valence-electron chi connectivity index (χ4n) is 4.67. The van der Waals surface area contributed by atoms with Gasteiger partial charge in [0.2, 0.25) is 5.91 Å². The Hall–Kier alpha value is -3.88. The van der Waals surface area contributed by atoms with Crippen molar-refractivity contribution in [2.75, 3.05) is 32.8 Å². The number of carboxylic acid groups (broad SMARTS) is 1. The smallest absolute Gasteiger partial charge is 0.326 e. The van der Waals surface area contributed by atoms with E-state index in [9.17, 15) is 19.1 Å². The number of carbonyl (C=O) groups excluding carboxylic acids is 1. The van der Waals surface area contributed by atoms with E-state index >= 15 is 0 Å². The molecule has 4 rings (SSSR count). The molecule has 35 heavy (non-hydrogen) atoms. The number of carboxylic acids is 1. The van der Waals surface area contributed by atoms with Gasteiger partial charge >= 0.3 is 5.97 Å². The highest BCUT2D eigenvalue weighted by Crippen LogP contribution is 2.45. The molecule has 2 N–H and O–H groups in total. The van der Waals surface area contributed by atoms with Gasteiger partial charge in [-0.3, -0.25) is 4.79 Å². The predicted molar refractivity (Wildman–Crippen MR) is 128 cm³/mol. The standard InChI is InChI=1S/C25H26FN5O4/c1-15(17-6-7-20-21(11-17)18-4-2-3-5-19(18)24(20)26)28-12-23(32)31-13-16(10-22(31)25(33)34)14-35-9-8-29-30-27/h2-7,11,16,22,24,28H,1,8-10,12-14H2,(H,33,34)/t16?,22-,24?/m0/s1. The van der Waals surface area contributed by atoms with Gasteiger partial charge in [0.1, 0.15) is 6.04 Å². The third-order valence-corrected chi connectivity index (χ3v) is 6.40. The minimum Gasteiger partial charge on any atom is -0.480 e. The number of halogens is 1. The van der Waals surface area contributed by atoms with Crippen molar-refractivity contribution in [2.45, 2.75) is 18.6 Å². The number of amides is 1. The lowest BCUT2D eigenvalue weighted by molar-refractivity contribution is -0.147. The number of rotatable bonds is 10. The number of nitrogens with zero attached hydrogens (tertiary/aromatic N) is 4. The molecule has 3 atom stereocenters. The summed E-state index contributed by atoms with van der Waals surface area (Å²) in [5.74, 6) is -1.54. The van der Waals surface area contributed by atoms with E-state index in [0.29, 0.717) is 16.8 Å². The molecule has 1 saturated heterocycles. The van der Waals surface area contributed by atoms with Gasteiger partial charge in [0.15, 0.2) is 6.17 Å². The summed E-state index contributed by atoms with van der Waals surface area (Å²) >= 11 is 0. The number of likely N-dealkylation sites (tertiary alicyclic amines) is 1. The molecule has 1 fully saturated rings. The summed E-state index contributed by atoms with van der Waals surface area (Å²) in [5, 5.41) is 16.0. The Morgan fingerprint density at radius 1 is 1.26 bits per heavy atom. The van der Waals surface area contributed by atoms with E-state index in [2.05, 4.69) is 21.9 Å². The van der Waals surface area contributed by atoms with Crippen LogP contribution >= 0.6 is 0 Å². The molecule has 2 aromatic rings. The van der Waals surface area contributed by atoms with Crippen molar-refractivity contribution in [3.63, 3.8) is 0 Å². The van der Waals surface area contributed by atoms with E-state index in [1.807, 2.05) is 24.3 Å². The van der Waals surface area contributed by atoms with E-state index in [4.69, 9.17) is 10.3 Å². The Labute approximate surface area is 201 Å². The summed E-state index contributed by atoms with van der Waals surface area (Å²) in [4.78, 5) is 28.6. The van der Waals surface area contributed by atoms with Crippen LogP contribution in [0, 0.1) is 5.92 Å². The number of ether oxygens (including phenoxy) is 1. The third-order valence-electron chi connectivity index (χ3n) is 6.40. The number of hydrogen-bond acceptors (Lipinski definition) is 5. The monoisotopic (exact) mass is 479 g/mol. The molecule has 0 aromatic heterocycles. The highest BCUT2D eigenvalue weighted by molar-refractivity contribution is 5.87. The fraction of sp³-hybridized carbons (Fsp3) is 0.360. The van der Waals surface area contributed by atoms with E-state index < -0.39 is 18.2 Å². The maximum Gasteiger partial charge on any atom is 0.326 e. The van der Waals surface area contributed by atoms with Crippen LogP contribution in [-0.2, 0) is 14.3 Å². The van der Waals surface area contributed by atoms with Crippen LogP contribution in [0.3, 0.4) is 0 Å². The van der Waals surface area contributed by atoms with Crippen LogP contribution in [0.2, 0.25) is 0 Å². The summed E-state index contributed by atoms with van der Waals surface area (Å²) in [6.45, 7) is 4.87. The highest BCUT2D eigenvalue weighted by Gasteiger charge is 2.39. The first-order valence-corrected chi connectivity index (χ1v) is 11.3. The Bertz CT molecular complexity index is 1200. The normalized spacial score (nSPS) is 20.0. The maximum absolute atomic E-state index is 14.8. The van der Waals surface area contributed by atoms with Gasteiger partial charge in [0.25, 0.3) is 0 Å². The summed E-state index contributed by atoms with van der Waals surface area (Å²) in [6.07, 6.45) is -0.879. The molecule has 2 aliphatic rings. The van der Waals surface area contributed by atoms with Crippen LogP contribution in [-0.4, -0.2) is 60.8 Å². The lowest BCUT2D eigenvalue weighted by atomic mass is 10.0. The first-order chi connectivity index (χ1) is 16.9. The third kappa shape index (κ3) is 5.13. The number of fused-ring (bicyclic) bond motifs is 3. The topological polar surface area (TPSA) is 128 Å². The zero-order valence-electron chi connectivity index (χ0n) is 19.1. The van der Waals surface area contributed by atoms with Gasteiger partial charge in [-0.15, -0.1) is 0 Å². The summed E-state index contributed by atoms with van der Waals surface area (Å²) in [7, 11) is 0. The molecule has 1 amide bonds. The second-order valence-corrected chi connectivity index (χ2v) is 8.62. The molecular weight excluding hydrogens is 453 g/mol. The Morgan fingerprint density at radius 3 is 2.80 bits per heavy atom. The number of azide groups is 1. The largest absolute Gasteiger partial charge is 0.480 e. The average molecular weight is 480 g/mol. The van der Waals surface area contributed by atoms with Crippen molar-refractivity contribution in [3.05, 3.63) is 76.2 Å². The fourth-order valence-corrected chi connectivity index (χ4v) is 4.67. The maximum atomic E-state index is 14.8. The zero-order valence-corrected chi connectivity index (χ0v) is 19.1. The van der Waals surface area contributed by atoms with Gasteiger partial charge < -0.3 is 20.1 Å². The van der Waals surface area contributed by atoms with Gasteiger partial charge in [-0.25, -0.2) is 9.18 Å². The summed E-state index contributed by atoms with van der Waals surface area (Å²) in [6, 6.07) is 11.8. The molecular formula is C25H26FN5O4. The quantitative estimate of drug-likeness (QED) is 0.231. The molecule has 0 radical (unpaired) electrons. The van der Waals surface area contributed by atoms with Gasteiger partial charge in [0, 0.05) is 29.6 Å². The van der Waals surface area contributed by atoms with Crippen LogP contribution < -0.4 is 5.32 Å². The van der Waals surface area contributed by atoms with E-state index in [1.54, 1.807) is 18.2 Å². The number of alkyl halides is 1. The Morgan fingerprint density at radius 2 is 2.03 bits per heavy atom. The number of nitrogens with one attached hydrogen (secondary N) is 1. The lowest BCUT2D eigenvalue weighted by Crippen LogP contribution is -2.44. The van der Waals surface area contributed by atoms with Crippen LogP contribution in [0.1, 0.15) is 29.3 Å². The number of carbonyl (C=O) groups is 2. The Kier molecular flexibility index (Phi) is 7.33. The van der Waals surface area contributed by atoms with Crippen molar-refractivity contribution >= 4 is 17.6 Å². The van der Waals surface area contributed by atoms with E-state index in [-0.39, 0.29) is 51.1 Å². The number of benzene rings is 2. The molecule has 0 saturated carbocycles. The van der Waals surface area contributed by atoms with Crippen molar-refractivity contribution in [3.8, 4) is 11.1 Å². The molecule has 10 heteroatoms. The zero-order chi connectivity index (χ0) is 24.9. The SMILES string of the molecule is C=C(NCC(=O)N1CC(COCCN=[N+]=[N-])C[C@H]1C(=O)O)c1ccc2c(c1)-c1ccccc1C2F. The van der Waals surface area contributed by atoms with Crippen LogP contribution in [0.5, 0.6) is 0 Å². The molecule has 0 spiro atoms. The van der Waals surface area contributed by atoms with Crippen LogP contribution in [0.4, 0.5) is 4.39 Å². The summed E-state index contributed by atoms with van der Waals surface area (Å²) < 4.78 is 20.2. The molecule has 9 nitrogen and oxygen atoms in total. The minimum atomic E-state index is -1.17. The molecule has 0 bridgehead atoms. The van der Waals surface area contributed by atoms with Crippen molar-refractivity contribution in [1.82, 2.24) is 10.2 Å². The molecule has 1 aliphatic heterocycles. The van der Waals surface area contributed by atoms with Gasteiger partial charge in [-0.05, 0) is 45.8 Å². The van der Waals surface area contributed by atoms with Crippen LogP contribution in [0.25, 0.3) is 27.3 Å². The number of hydrogen-bond donors (Lipinski definition) is 2. The van der Waals surface area contributed by atoms with Gasteiger partial charge in [-0.2, -0.15) is 0 Å². The highest BCUT2D eigenvalue weighted by atomic mass is 19.1. The predicted octanol–water partition coefficient (Wildman–Crippen LogP) is 3.91.